The molecule has 0 spiro atoms. The van der Waals surface area contributed by atoms with Gasteiger partial charge in [0.05, 0.1) is 33.7 Å². The number of fused-ring (bicyclic) bond motifs is 6. The minimum absolute atomic E-state index is 0.425. The van der Waals surface area contributed by atoms with Gasteiger partial charge in [0.15, 0.2) is 5.65 Å². The van der Waals surface area contributed by atoms with E-state index in [0.717, 1.165) is 39.0 Å². The van der Waals surface area contributed by atoms with Gasteiger partial charge < -0.3 is 9.32 Å². The van der Waals surface area contributed by atoms with E-state index in [1.807, 2.05) is 83.3 Å². The van der Waals surface area contributed by atoms with E-state index < -0.39 is 0 Å². The van der Waals surface area contributed by atoms with Gasteiger partial charge in [0.2, 0.25) is 11.3 Å². The first-order chi connectivity index (χ1) is 21.2. The van der Waals surface area contributed by atoms with Gasteiger partial charge in [0, 0.05) is 28.5 Å². The lowest BCUT2D eigenvalue weighted by Crippen LogP contribution is -2.18. The first-order valence-electron chi connectivity index (χ1n) is 13.9. The summed E-state index contributed by atoms with van der Waals surface area (Å²) < 4.78 is 8.46. The molecule has 0 radical (unpaired) electrons. The van der Waals surface area contributed by atoms with Gasteiger partial charge in [-0.05, 0) is 72.8 Å². The van der Waals surface area contributed by atoms with E-state index in [1.165, 1.54) is 0 Å². The topological polar surface area (TPSA) is 82.7 Å². The van der Waals surface area contributed by atoms with Crippen molar-refractivity contribution >= 4 is 61.5 Å². The third-order valence-electron chi connectivity index (χ3n) is 7.43. The molecular weight excluding hydrogens is 532 g/mol. The molecule has 5 aromatic carbocycles. The molecule has 43 heavy (non-hydrogen) atoms. The van der Waals surface area contributed by atoms with Gasteiger partial charge in [-0.2, -0.15) is 10.2 Å². The lowest BCUT2D eigenvalue weighted by molar-refractivity contribution is 0.640. The van der Waals surface area contributed by atoms with Crippen LogP contribution in [0.1, 0.15) is 5.56 Å². The summed E-state index contributed by atoms with van der Waals surface area (Å²) in [7, 11) is 0. The minimum Gasteiger partial charge on any atom is -0.437 e. The van der Waals surface area contributed by atoms with Crippen LogP contribution in [0.4, 0.5) is 22.7 Å². The predicted molar refractivity (Wildman–Crippen MR) is 169 cm³/mol. The zero-order chi connectivity index (χ0) is 28.8. The summed E-state index contributed by atoms with van der Waals surface area (Å²) in [4.78, 5) is 16.9. The Balaban J connectivity index is 1.40. The average molecular weight is 555 g/mol. The summed E-state index contributed by atoms with van der Waals surface area (Å²) in [6, 6.07) is 46.1. The average Bonchev–Trinajstić information content (AvgIpc) is 3.45. The Hall–Kier alpha value is -6.26. The van der Waals surface area contributed by atoms with Crippen LogP contribution in [0.5, 0.6) is 0 Å². The van der Waals surface area contributed by atoms with Crippen molar-refractivity contribution in [2.75, 3.05) is 4.90 Å². The molecule has 0 aliphatic rings. The number of hydrogen-bond donors (Lipinski definition) is 0. The third kappa shape index (κ3) is 4.26. The molecule has 7 heteroatoms. The van der Waals surface area contributed by atoms with E-state index >= 15 is 0 Å². The van der Waals surface area contributed by atoms with Crippen molar-refractivity contribution in [2.24, 2.45) is 4.99 Å². The number of imidazole rings is 1. The molecule has 0 fully saturated rings. The molecule has 0 amide bonds. The molecule has 0 saturated carbocycles. The monoisotopic (exact) mass is 554 g/mol. The van der Waals surface area contributed by atoms with Crippen LogP contribution < -0.4 is 10.5 Å². The standard InChI is InChI=1S/C36H22N6O/c37-23-24-16-19-32-31(20-24)39-34-30-21-25-17-18-29(41(27-12-6-2-7-13-27)28-14-8-3-9-15-28)22-33(25)43-35(30)40-36(42(32)34)38-26-10-4-1-5-11-26/h1-22H. The highest BCUT2D eigenvalue weighted by Gasteiger charge is 2.17. The van der Waals surface area contributed by atoms with Gasteiger partial charge in [-0.1, -0.05) is 54.6 Å². The van der Waals surface area contributed by atoms with Crippen LogP contribution in [0.2, 0.25) is 0 Å². The lowest BCUT2D eigenvalue weighted by Gasteiger charge is -2.25. The van der Waals surface area contributed by atoms with Crippen molar-refractivity contribution in [3.05, 3.63) is 145 Å². The Bertz CT molecular complexity index is 2370. The number of benzene rings is 5. The number of para-hydroxylation sites is 3. The van der Waals surface area contributed by atoms with Crippen molar-refractivity contribution in [3.63, 3.8) is 0 Å². The van der Waals surface area contributed by atoms with Gasteiger partial charge in [0.25, 0.3) is 0 Å². The van der Waals surface area contributed by atoms with Crippen LogP contribution in [0, 0.1) is 11.3 Å². The van der Waals surface area contributed by atoms with Gasteiger partial charge in [-0.25, -0.2) is 9.98 Å². The lowest BCUT2D eigenvalue weighted by atomic mass is 10.1. The van der Waals surface area contributed by atoms with Crippen molar-refractivity contribution in [1.29, 1.82) is 5.26 Å². The summed E-state index contributed by atoms with van der Waals surface area (Å²) in [6.07, 6.45) is 0. The van der Waals surface area contributed by atoms with E-state index in [2.05, 4.69) is 53.4 Å². The van der Waals surface area contributed by atoms with Crippen molar-refractivity contribution < 1.29 is 4.42 Å². The molecule has 0 aliphatic heterocycles. The van der Waals surface area contributed by atoms with Crippen LogP contribution in [-0.4, -0.2) is 14.4 Å². The molecule has 7 nitrogen and oxygen atoms in total. The number of nitrogens with zero attached hydrogens (tertiary/aromatic N) is 6. The molecule has 3 aromatic heterocycles. The van der Waals surface area contributed by atoms with Crippen LogP contribution >= 0.6 is 0 Å². The number of hydrogen-bond acceptors (Lipinski definition) is 6. The van der Waals surface area contributed by atoms with E-state index in [4.69, 9.17) is 19.4 Å². The highest BCUT2D eigenvalue weighted by molar-refractivity contribution is 5.99. The van der Waals surface area contributed by atoms with E-state index in [1.54, 1.807) is 12.1 Å². The molecule has 8 rings (SSSR count). The second-order valence-electron chi connectivity index (χ2n) is 10.1. The highest BCUT2D eigenvalue weighted by Crippen LogP contribution is 2.36. The van der Waals surface area contributed by atoms with E-state index in [-0.39, 0.29) is 0 Å². The normalized spacial score (nSPS) is 11.8. The molecule has 0 unspecified atom stereocenters. The maximum atomic E-state index is 9.48. The molecule has 202 valence electrons. The van der Waals surface area contributed by atoms with Crippen LogP contribution in [0.25, 0.3) is 38.7 Å². The SMILES string of the molecule is N#Cc1ccc2c(c1)nc1c3cc4ccc(N(c5ccccc5)c5ccccc5)cc4oc3nc(=Nc3ccccc3)n21. The second kappa shape index (κ2) is 9.98. The Kier molecular flexibility index (Phi) is 5.69. The summed E-state index contributed by atoms with van der Waals surface area (Å²) >= 11 is 0. The summed E-state index contributed by atoms with van der Waals surface area (Å²) in [5, 5.41) is 11.2. The van der Waals surface area contributed by atoms with Crippen molar-refractivity contribution in [2.45, 2.75) is 0 Å². The smallest absolute Gasteiger partial charge is 0.239 e. The fourth-order valence-electron chi connectivity index (χ4n) is 5.46. The Morgan fingerprint density at radius 2 is 1.40 bits per heavy atom. The third-order valence-corrected chi connectivity index (χ3v) is 7.43. The molecule has 0 bridgehead atoms. The quantitative estimate of drug-likeness (QED) is 0.204. The molecular formula is C36H22N6O. The maximum absolute atomic E-state index is 9.48. The van der Waals surface area contributed by atoms with Crippen LogP contribution in [0.3, 0.4) is 0 Å². The van der Waals surface area contributed by atoms with Gasteiger partial charge >= 0.3 is 0 Å². The highest BCUT2D eigenvalue weighted by atomic mass is 16.3. The molecule has 0 atom stereocenters. The first kappa shape index (κ1) is 24.5. The van der Waals surface area contributed by atoms with Gasteiger partial charge in [-0.15, -0.1) is 0 Å². The predicted octanol–water partition coefficient (Wildman–Crippen LogP) is 8.36. The Morgan fingerprint density at radius 1 is 0.698 bits per heavy atom. The molecule has 8 aromatic rings. The fraction of sp³-hybridized carbons (Fsp3) is 0. The zero-order valence-electron chi connectivity index (χ0n) is 22.8. The largest absolute Gasteiger partial charge is 0.437 e. The number of anilines is 3. The minimum atomic E-state index is 0.425. The molecule has 3 heterocycles. The van der Waals surface area contributed by atoms with Gasteiger partial charge in [0.1, 0.15) is 5.58 Å². The molecule has 0 N–H and O–H groups in total. The second-order valence-corrected chi connectivity index (χ2v) is 10.1. The summed E-state index contributed by atoms with van der Waals surface area (Å²) in [5.74, 6) is 0. The Morgan fingerprint density at radius 3 is 2.09 bits per heavy atom. The fourth-order valence-corrected chi connectivity index (χ4v) is 5.46. The number of nitriles is 1. The zero-order valence-corrected chi connectivity index (χ0v) is 22.8. The summed E-state index contributed by atoms with van der Waals surface area (Å²) in [5.41, 5.74) is 8.06. The van der Waals surface area contributed by atoms with Crippen LogP contribution in [0.15, 0.2) is 143 Å². The number of rotatable bonds is 4. The van der Waals surface area contributed by atoms with Crippen molar-refractivity contribution in [1.82, 2.24) is 14.4 Å². The first-order valence-corrected chi connectivity index (χ1v) is 13.9. The maximum Gasteiger partial charge on any atom is 0.239 e. The molecule has 0 aliphatic carbocycles. The van der Waals surface area contributed by atoms with Crippen LogP contribution in [-0.2, 0) is 0 Å². The summed E-state index contributed by atoms with van der Waals surface area (Å²) in [6.45, 7) is 0. The molecule has 0 saturated heterocycles. The van der Waals surface area contributed by atoms with E-state index in [9.17, 15) is 5.26 Å². The van der Waals surface area contributed by atoms with Crippen molar-refractivity contribution in [3.8, 4) is 6.07 Å². The van der Waals surface area contributed by atoms with E-state index in [0.29, 0.717) is 33.6 Å². The Labute approximate surface area is 245 Å². The number of aromatic nitrogens is 3. The van der Waals surface area contributed by atoms with Gasteiger partial charge in [-0.3, -0.25) is 4.40 Å².